The van der Waals surface area contributed by atoms with Crippen molar-refractivity contribution in [3.8, 4) is 0 Å². The number of nitrogens with zero attached hydrogens (tertiary/aromatic N) is 3. The van der Waals surface area contributed by atoms with E-state index in [9.17, 15) is 0 Å². The van der Waals surface area contributed by atoms with E-state index in [4.69, 9.17) is 5.73 Å². The molecule has 0 aromatic heterocycles. The molecule has 2 fully saturated rings. The fraction of sp³-hybridized carbons (Fsp3) is 0.923. The average Bonchev–Trinajstić information content (AvgIpc) is 3.05. The fourth-order valence-corrected chi connectivity index (χ4v) is 2.41. The van der Waals surface area contributed by atoms with Crippen LogP contribution in [0.4, 0.5) is 0 Å². The highest BCUT2D eigenvalue weighted by molar-refractivity contribution is 14.0. The van der Waals surface area contributed by atoms with Gasteiger partial charge in [-0.1, -0.05) is 0 Å². The van der Waals surface area contributed by atoms with Crippen LogP contribution < -0.4 is 5.73 Å². The van der Waals surface area contributed by atoms with E-state index in [2.05, 4.69) is 21.8 Å². The van der Waals surface area contributed by atoms with Crippen molar-refractivity contribution in [2.45, 2.75) is 44.6 Å². The Morgan fingerprint density at radius 1 is 1.28 bits per heavy atom. The summed E-state index contributed by atoms with van der Waals surface area (Å²) in [6.07, 6.45) is 7.75. The summed E-state index contributed by atoms with van der Waals surface area (Å²) in [6, 6.07) is 0.670. The molecule has 1 aliphatic carbocycles. The van der Waals surface area contributed by atoms with E-state index in [0.29, 0.717) is 6.04 Å². The third-order valence-electron chi connectivity index (χ3n) is 3.81. The number of halogens is 1. The first-order valence-electron chi connectivity index (χ1n) is 7.02. The van der Waals surface area contributed by atoms with Crippen molar-refractivity contribution in [1.29, 1.82) is 0 Å². The summed E-state index contributed by atoms with van der Waals surface area (Å²) in [6.45, 7) is 4.73. The lowest BCUT2D eigenvalue weighted by Crippen LogP contribution is -2.35. The first-order valence-corrected chi connectivity index (χ1v) is 7.02. The molecular weight excluding hydrogens is 339 g/mol. The highest BCUT2D eigenvalue weighted by Crippen LogP contribution is 2.24. The van der Waals surface area contributed by atoms with Gasteiger partial charge in [-0.25, -0.2) is 0 Å². The second-order valence-electron chi connectivity index (χ2n) is 5.34. The van der Waals surface area contributed by atoms with Crippen LogP contribution >= 0.6 is 24.0 Å². The minimum atomic E-state index is 0. The summed E-state index contributed by atoms with van der Waals surface area (Å²) in [5, 5.41) is 0. The molecule has 0 aromatic rings. The minimum absolute atomic E-state index is 0. The molecule has 0 aromatic carbocycles. The highest BCUT2D eigenvalue weighted by Gasteiger charge is 2.27. The number of nitrogens with two attached hydrogens (primary N) is 1. The van der Waals surface area contributed by atoms with E-state index in [1.807, 2.05) is 0 Å². The Hall–Kier alpha value is -0.0400. The smallest absolute Gasteiger partial charge is 0.191 e. The Morgan fingerprint density at radius 3 is 2.56 bits per heavy atom. The average molecular weight is 366 g/mol. The summed E-state index contributed by atoms with van der Waals surface area (Å²) in [4.78, 5) is 9.14. The lowest BCUT2D eigenvalue weighted by Gasteiger charge is -2.17. The molecule has 5 heteroatoms. The van der Waals surface area contributed by atoms with E-state index in [1.54, 1.807) is 0 Å². The quantitative estimate of drug-likeness (QED) is 0.338. The zero-order chi connectivity index (χ0) is 12.1. The van der Waals surface area contributed by atoms with Gasteiger partial charge in [0.25, 0.3) is 0 Å². The molecule has 1 saturated carbocycles. The SMILES string of the molecule is CN(C(N)=NCCCCN1CCCC1)C1CC1.I. The summed E-state index contributed by atoms with van der Waals surface area (Å²) in [5.41, 5.74) is 5.93. The molecule has 0 amide bonds. The van der Waals surface area contributed by atoms with Crippen molar-refractivity contribution in [3.05, 3.63) is 0 Å². The molecule has 18 heavy (non-hydrogen) atoms. The second kappa shape index (κ2) is 8.19. The van der Waals surface area contributed by atoms with Crippen molar-refractivity contribution in [2.75, 3.05) is 33.2 Å². The van der Waals surface area contributed by atoms with E-state index in [-0.39, 0.29) is 24.0 Å². The molecule has 1 saturated heterocycles. The molecule has 0 unspecified atom stereocenters. The summed E-state index contributed by atoms with van der Waals surface area (Å²) >= 11 is 0. The van der Waals surface area contributed by atoms with Gasteiger partial charge in [-0.3, -0.25) is 4.99 Å². The number of aliphatic imine (C=N–C) groups is 1. The largest absolute Gasteiger partial charge is 0.370 e. The Balaban J connectivity index is 0.00000162. The number of hydrogen-bond donors (Lipinski definition) is 1. The second-order valence-corrected chi connectivity index (χ2v) is 5.34. The van der Waals surface area contributed by atoms with E-state index in [0.717, 1.165) is 18.9 Å². The Kier molecular flexibility index (Phi) is 7.29. The molecule has 2 rings (SSSR count). The summed E-state index contributed by atoms with van der Waals surface area (Å²) < 4.78 is 0. The van der Waals surface area contributed by atoms with Gasteiger partial charge in [0.05, 0.1) is 0 Å². The summed E-state index contributed by atoms with van der Waals surface area (Å²) in [5.74, 6) is 0.730. The third kappa shape index (κ3) is 5.30. The lowest BCUT2D eigenvalue weighted by atomic mass is 10.3. The molecule has 2 N–H and O–H groups in total. The number of likely N-dealkylation sites (tertiary alicyclic amines) is 1. The molecular formula is C13H27IN4. The molecule has 106 valence electrons. The van der Waals surface area contributed by atoms with Gasteiger partial charge in [0, 0.05) is 19.6 Å². The molecule has 1 aliphatic heterocycles. The fourth-order valence-electron chi connectivity index (χ4n) is 2.41. The van der Waals surface area contributed by atoms with Crippen molar-refractivity contribution in [3.63, 3.8) is 0 Å². The molecule has 0 bridgehead atoms. The molecule has 4 nitrogen and oxygen atoms in total. The van der Waals surface area contributed by atoms with Gasteiger partial charge < -0.3 is 15.5 Å². The van der Waals surface area contributed by atoms with Crippen molar-refractivity contribution in [1.82, 2.24) is 9.80 Å². The van der Waals surface area contributed by atoms with Gasteiger partial charge >= 0.3 is 0 Å². The van der Waals surface area contributed by atoms with Gasteiger partial charge in [0.15, 0.2) is 5.96 Å². The van der Waals surface area contributed by atoms with Crippen molar-refractivity contribution in [2.24, 2.45) is 10.7 Å². The number of guanidine groups is 1. The van der Waals surface area contributed by atoms with E-state index >= 15 is 0 Å². The van der Waals surface area contributed by atoms with Crippen LogP contribution in [-0.4, -0.2) is 55.0 Å². The van der Waals surface area contributed by atoms with Gasteiger partial charge in [0.2, 0.25) is 0 Å². The third-order valence-corrected chi connectivity index (χ3v) is 3.81. The number of rotatable bonds is 6. The zero-order valence-electron chi connectivity index (χ0n) is 11.5. The van der Waals surface area contributed by atoms with Crippen LogP contribution in [0.5, 0.6) is 0 Å². The highest BCUT2D eigenvalue weighted by atomic mass is 127. The molecule has 1 heterocycles. The Morgan fingerprint density at radius 2 is 1.94 bits per heavy atom. The van der Waals surface area contributed by atoms with E-state index in [1.165, 1.54) is 51.7 Å². The van der Waals surface area contributed by atoms with Crippen LogP contribution in [0.3, 0.4) is 0 Å². The monoisotopic (exact) mass is 366 g/mol. The van der Waals surface area contributed by atoms with Crippen LogP contribution in [0.2, 0.25) is 0 Å². The van der Waals surface area contributed by atoms with Crippen LogP contribution in [0.15, 0.2) is 4.99 Å². The van der Waals surface area contributed by atoms with Crippen LogP contribution in [0, 0.1) is 0 Å². The van der Waals surface area contributed by atoms with Crippen molar-refractivity contribution < 1.29 is 0 Å². The molecule has 0 spiro atoms. The van der Waals surface area contributed by atoms with Gasteiger partial charge in [-0.2, -0.15) is 0 Å². The number of unbranched alkanes of at least 4 members (excludes halogenated alkanes) is 1. The van der Waals surface area contributed by atoms with Gasteiger partial charge in [-0.15, -0.1) is 24.0 Å². The predicted molar refractivity (Wildman–Crippen MR) is 87.6 cm³/mol. The maximum atomic E-state index is 5.93. The number of hydrogen-bond acceptors (Lipinski definition) is 2. The topological polar surface area (TPSA) is 44.9 Å². The van der Waals surface area contributed by atoms with Crippen LogP contribution in [0.1, 0.15) is 38.5 Å². The Bertz CT molecular complexity index is 260. The van der Waals surface area contributed by atoms with Crippen LogP contribution in [0.25, 0.3) is 0 Å². The first-order chi connectivity index (χ1) is 8.27. The first kappa shape index (κ1) is 16.0. The van der Waals surface area contributed by atoms with E-state index < -0.39 is 0 Å². The lowest BCUT2D eigenvalue weighted by molar-refractivity contribution is 0.331. The van der Waals surface area contributed by atoms with Gasteiger partial charge in [0.1, 0.15) is 0 Å². The maximum Gasteiger partial charge on any atom is 0.191 e. The molecule has 0 atom stereocenters. The van der Waals surface area contributed by atoms with Gasteiger partial charge in [-0.05, 0) is 58.2 Å². The Labute approximate surface area is 128 Å². The predicted octanol–water partition coefficient (Wildman–Crippen LogP) is 1.89. The van der Waals surface area contributed by atoms with Crippen molar-refractivity contribution >= 4 is 29.9 Å². The molecule has 2 aliphatic rings. The standard InChI is InChI=1S/C13H26N4.HI/c1-16(12-6-7-12)13(14)15-8-2-3-9-17-10-4-5-11-17;/h12H,2-11H2,1H3,(H2,14,15);1H. The minimum Gasteiger partial charge on any atom is -0.370 e. The van der Waals surface area contributed by atoms with Crippen LogP contribution in [-0.2, 0) is 0 Å². The normalized spacial score (nSPS) is 20.8. The summed E-state index contributed by atoms with van der Waals surface area (Å²) in [7, 11) is 2.06. The zero-order valence-corrected chi connectivity index (χ0v) is 13.8. The maximum absolute atomic E-state index is 5.93. The molecule has 0 radical (unpaired) electrons.